The van der Waals surface area contributed by atoms with E-state index < -0.39 is 17.1 Å². The number of halogens is 2. The van der Waals surface area contributed by atoms with Gasteiger partial charge in [-0.1, -0.05) is 45.3 Å². The third kappa shape index (κ3) is 7.20. The van der Waals surface area contributed by atoms with Crippen LogP contribution in [0, 0.1) is 17.3 Å². The van der Waals surface area contributed by atoms with Gasteiger partial charge < -0.3 is 9.80 Å². The van der Waals surface area contributed by atoms with E-state index in [0.29, 0.717) is 19.1 Å². The fourth-order valence-corrected chi connectivity index (χ4v) is 7.39. The average molecular weight is 547 g/mol. The van der Waals surface area contributed by atoms with Crippen molar-refractivity contribution in [3.63, 3.8) is 0 Å². The number of likely N-dealkylation sites (N-methyl/N-ethyl adjacent to an activating group) is 1. The van der Waals surface area contributed by atoms with Gasteiger partial charge in [0.05, 0.1) is 5.92 Å². The van der Waals surface area contributed by atoms with Crippen molar-refractivity contribution >= 4 is 5.91 Å². The number of piperazine rings is 1. The average Bonchev–Trinajstić information content (AvgIpc) is 3.28. The minimum absolute atomic E-state index is 0.0569. The normalized spacial score (nSPS) is 32.4. The van der Waals surface area contributed by atoms with Crippen molar-refractivity contribution in [2.24, 2.45) is 17.3 Å². The van der Waals surface area contributed by atoms with Gasteiger partial charge in [0.1, 0.15) is 11.7 Å². The summed E-state index contributed by atoms with van der Waals surface area (Å²) < 4.78 is 28.9. The SMILES string of the molecule is CCN(CC)CC(C1CCCCC1)N1CCN(C(=O)[C@@H]2CN(C(C)(C)C)CC23/C=C/C=C(F)\C=C(\F)C3)CC1. The second-order valence-corrected chi connectivity index (χ2v) is 13.3. The molecule has 2 saturated heterocycles. The Bertz CT molecular complexity index is 923. The largest absolute Gasteiger partial charge is 0.340 e. The van der Waals surface area contributed by atoms with E-state index in [9.17, 15) is 13.6 Å². The van der Waals surface area contributed by atoms with E-state index in [1.165, 1.54) is 38.2 Å². The molecule has 3 fully saturated rings. The van der Waals surface area contributed by atoms with Crippen LogP contribution in [0.15, 0.2) is 36.0 Å². The van der Waals surface area contributed by atoms with E-state index in [0.717, 1.165) is 57.8 Å². The number of hydrogen-bond acceptors (Lipinski definition) is 4. The lowest BCUT2D eigenvalue weighted by Crippen LogP contribution is -2.58. The van der Waals surface area contributed by atoms with E-state index in [2.05, 4.69) is 49.3 Å². The summed E-state index contributed by atoms with van der Waals surface area (Å²) in [7, 11) is 0. The second kappa shape index (κ2) is 12.9. The van der Waals surface area contributed by atoms with Gasteiger partial charge in [-0.2, -0.15) is 0 Å². The lowest BCUT2D eigenvalue weighted by atomic mass is 9.73. The van der Waals surface area contributed by atoms with Crippen molar-refractivity contribution in [2.45, 2.75) is 84.7 Å². The first-order valence-corrected chi connectivity index (χ1v) is 15.5. The highest BCUT2D eigenvalue weighted by Gasteiger charge is 2.52. The number of carbonyl (C=O) groups is 1. The van der Waals surface area contributed by atoms with E-state index in [1.807, 2.05) is 11.0 Å². The van der Waals surface area contributed by atoms with Gasteiger partial charge in [0.25, 0.3) is 0 Å². The molecular weight excluding hydrogens is 494 g/mol. The molecule has 2 aliphatic carbocycles. The third-order valence-electron chi connectivity index (χ3n) is 9.93. The predicted molar refractivity (Wildman–Crippen MR) is 156 cm³/mol. The predicted octanol–water partition coefficient (Wildman–Crippen LogP) is 5.80. The minimum Gasteiger partial charge on any atom is -0.340 e. The molecule has 1 spiro atoms. The monoisotopic (exact) mass is 546 g/mol. The molecule has 0 bridgehead atoms. The maximum Gasteiger partial charge on any atom is 0.228 e. The van der Waals surface area contributed by atoms with Gasteiger partial charge in [0, 0.05) is 75.3 Å². The summed E-state index contributed by atoms with van der Waals surface area (Å²) in [6.45, 7) is 18.6. The number of likely N-dealkylation sites (tertiary alicyclic amines) is 1. The Morgan fingerprint density at radius 2 is 1.74 bits per heavy atom. The van der Waals surface area contributed by atoms with E-state index in [4.69, 9.17) is 0 Å². The minimum atomic E-state index is -0.674. The van der Waals surface area contributed by atoms with Crippen molar-refractivity contribution in [3.05, 3.63) is 36.0 Å². The summed E-state index contributed by atoms with van der Waals surface area (Å²) in [5.74, 6) is -0.554. The zero-order valence-corrected chi connectivity index (χ0v) is 25.1. The van der Waals surface area contributed by atoms with Gasteiger partial charge in [-0.15, -0.1) is 0 Å². The van der Waals surface area contributed by atoms with Crippen molar-refractivity contribution < 1.29 is 13.6 Å². The van der Waals surface area contributed by atoms with Gasteiger partial charge in [-0.05, 0) is 58.7 Å². The van der Waals surface area contributed by atoms with Crippen LogP contribution in [0.2, 0.25) is 0 Å². The Hall–Kier alpha value is -1.57. The van der Waals surface area contributed by atoms with E-state index in [-0.39, 0.29) is 23.8 Å². The number of nitrogens with zero attached hydrogens (tertiary/aromatic N) is 4. The van der Waals surface area contributed by atoms with Crippen LogP contribution < -0.4 is 0 Å². The molecule has 5 nitrogen and oxygen atoms in total. The molecule has 0 aromatic rings. The highest BCUT2D eigenvalue weighted by molar-refractivity contribution is 5.81. The molecule has 39 heavy (non-hydrogen) atoms. The number of hydrogen-bond donors (Lipinski definition) is 0. The van der Waals surface area contributed by atoms with Gasteiger partial charge in [0.2, 0.25) is 5.91 Å². The zero-order valence-electron chi connectivity index (χ0n) is 25.1. The molecule has 1 amide bonds. The fraction of sp³-hybridized carbons (Fsp3) is 0.781. The summed E-state index contributed by atoms with van der Waals surface area (Å²) in [5, 5.41) is 0. The lowest BCUT2D eigenvalue weighted by molar-refractivity contribution is -0.140. The van der Waals surface area contributed by atoms with Gasteiger partial charge in [0.15, 0.2) is 0 Å². The first-order valence-electron chi connectivity index (χ1n) is 15.5. The first kappa shape index (κ1) is 30.4. The molecule has 0 aromatic carbocycles. The molecule has 1 saturated carbocycles. The van der Waals surface area contributed by atoms with Gasteiger partial charge >= 0.3 is 0 Å². The maximum absolute atomic E-state index is 14.9. The van der Waals surface area contributed by atoms with Crippen molar-refractivity contribution in [3.8, 4) is 0 Å². The molecule has 4 rings (SSSR count). The van der Waals surface area contributed by atoms with Crippen LogP contribution in [0.25, 0.3) is 0 Å². The zero-order chi connectivity index (χ0) is 28.2. The second-order valence-electron chi connectivity index (χ2n) is 13.3. The summed E-state index contributed by atoms with van der Waals surface area (Å²) in [6, 6.07) is 0.547. The van der Waals surface area contributed by atoms with Crippen LogP contribution in [0.5, 0.6) is 0 Å². The summed E-state index contributed by atoms with van der Waals surface area (Å²) >= 11 is 0. The number of rotatable bonds is 7. The molecule has 7 heteroatoms. The highest BCUT2D eigenvalue weighted by atomic mass is 19.1. The Morgan fingerprint density at radius 1 is 1.08 bits per heavy atom. The van der Waals surface area contributed by atoms with Crippen LogP contribution >= 0.6 is 0 Å². The number of allylic oxidation sites excluding steroid dienone is 5. The molecule has 220 valence electrons. The van der Waals surface area contributed by atoms with Crippen molar-refractivity contribution in [1.29, 1.82) is 0 Å². The quantitative estimate of drug-likeness (QED) is 0.404. The Labute approximate surface area is 235 Å². The standard InChI is InChI=1S/C32H52F2N4O/c1-6-35(7-2)23-29(25-12-9-8-10-13-25)36-16-18-37(19-17-36)30(39)28-22-38(31(3,4)5)24-32(28)15-11-14-26(33)20-27(34)21-32/h11,14-15,20,25,28-29H,6-10,12-13,16-19,21-24H2,1-5H3/b15-11+,26-14+,27-20+/t28-,29?,32?/m0/s1. The molecule has 3 atom stereocenters. The third-order valence-corrected chi connectivity index (χ3v) is 9.93. The Morgan fingerprint density at radius 3 is 2.36 bits per heavy atom. The molecular formula is C32H52F2N4O. The van der Waals surface area contributed by atoms with E-state index >= 15 is 0 Å². The summed E-state index contributed by atoms with van der Waals surface area (Å²) in [5.41, 5.74) is -0.817. The molecule has 2 unspecified atom stereocenters. The Balaban J connectivity index is 1.50. The number of amides is 1. The van der Waals surface area contributed by atoms with Crippen LogP contribution in [0.4, 0.5) is 8.78 Å². The molecule has 0 aromatic heterocycles. The van der Waals surface area contributed by atoms with Crippen LogP contribution in [-0.4, -0.2) is 96.0 Å². The first-order chi connectivity index (χ1) is 18.6. The molecule has 2 heterocycles. The van der Waals surface area contributed by atoms with Crippen LogP contribution in [0.1, 0.15) is 73.1 Å². The summed E-state index contributed by atoms with van der Waals surface area (Å²) in [6.07, 6.45) is 12.6. The smallest absolute Gasteiger partial charge is 0.228 e. The van der Waals surface area contributed by atoms with Crippen LogP contribution in [-0.2, 0) is 4.79 Å². The Kier molecular flexibility index (Phi) is 10.1. The van der Waals surface area contributed by atoms with Crippen molar-refractivity contribution in [2.75, 3.05) is 58.9 Å². The lowest BCUT2D eigenvalue weighted by Gasteiger charge is -2.45. The summed E-state index contributed by atoms with van der Waals surface area (Å²) in [4.78, 5) is 23.7. The molecule has 2 aliphatic heterocycles. The van der Waals surface area contributed by atoms with E-state index in [1.54, 1.807) is 6.08 Å². The topological polar surface area (TPSA) is 30.0 Å². The van der Waals surface area contributed by atoms with Crippen molar-refractivity contribution in [1.82, 2.24) is 19.6 Å². The van der Waals surface area contributed by atoms with Gasteiger partial charge in [-0.3, -0.25) is 14.6 Å². The molecule has 4 aliphatic rings. The highest BCUT2D eigenvalue weighted by Crippen LogP contribution is 2.47. The molecule has 0 N–H and O–H groups in total. The van der Waals surface area contributed by atoms with Crippen LogP contribution in [0.3, 0.4) is 0 Å². The van der Waals surface area contributed by atoms with Gasteiger partial charge in [-0.25, -0.2) is 8.78 Å². The number of carbonyl (C=O) groups excluding carboxylic acids is 1. The molecule has 0 radical (unpaired) electrons. The fourth-order valence-electron chi connectivity index (χ4n) is 7.39. The maximum atomic E-state index is 14.9.